The highest BCUT2D eigenvalue weighted by Gasteiger charge is 2.15. The van der Waals surface area contributed by atoms with Gasteiger partial charge in [0, 0.05) is 0 Å². The van der Waals surface area contributed by atoms with E-state index in [0.717, 1.165) is 17.7 Å². The van der Waals surface area contributed by atoms with E-state index in [-0.39, 0.29) is 11.9 Å². The molecule has 1 N–H and O–H groups in total. The SMILES string of the molecule is O=C(CCOc1ccccc1)NC(Cc1ccccc1)c1ccccc1. The average molecular weight is 345 g/mol. The second-order valence-corrected chi connectivity index (χ2v) is 6.13. The second kappa shape index (κ2) is 9.42. The Bertz CT molecular complexity index is 788. The molecule has 3 aromatic carbocycles. The van der Waals surface area contributed by atoms with E-state index < -0.39 is 0 Å². The molecule has 0 aliphatic rings. The van der Waals surface area contributed by atoms with Crippen molar-refractivity contribution in [2.45, 2.75) is 18.9 Å². The maximum absolute atomic E-state index is 12.4. The van der Waals surface area contributed by atoms with Gasteiger partial charge >= 0.3 is 0 Å². The molecule has 132 valence electrons. The van der Waals surface area contributed by atoms with Crippen molar-refractivity contribution in [2.24, 2.45) is 0 Å². The molecule has 3 heteroatoms. The van der Waals surface area contributed by atoms with Crippen molar-refractivity contribution in [3.05, 3.63) is 102 Å². The van der Waals surface area contributed by atoms with E-state index in [0.29, 0.717) is 13.0 Å². The fourth-order valence-corrected chi connectivity index (χ4v) is 2.83. The first kappa shape index (κ1) is 17.7. The van der Waals surface area contributed by atoms with Gasteiger partial charge in [0.1, 0.15) is 5.75 Å². The van der Waals surface area contributed by atoms with E-state index in [1.165, 1.54) is 5.56 Å². The van der Waals surface area contributed by atoms with Crippen molar-refractivity contribution >= 4 is 5.91 Å². The quantitative estimate of drug-likeness (QED) is 0.650. The van der Waals surface area contributed by atoms with Gasteiger partial charge in [0.2, 0.25) is 5.91 Å². The number of carbonyl (C=O) groups is 1. The monoisotopic (exact) mass is 345 g/mol. The van der Waals surface area contributed by atoms with Gasteiger partial charge in [0.25, 0.3) is 0 Å². The summed E-state index contributed by atoms with van der Waals surface area (Å²) in [7, 11) is 0. The minimum Gasteiger partial charge on any atom is -0.493 e. The van der Waals surface area contributed by atoms with Crippen LogP contribution in [0.15, 0.2) is 91.0 Å². The van der Waals surface area contributed by atoms with E-state index in [4.69, 9.17) is 4.74 Å². The Morgan fingerprint density at radius 1 is 0.808 bits per heavy atom. The molecular formula is C23H23NO2. The van der Waals surface area contributed by atoms with Gasteiger partial charge < -0.3 is 10.1 Å². The van der Waals surface area contributed by atoms with Crippen molar-refractivity contribution in [2.75, 3.05) is 6.61 Å². The van der Waals surface area contributed by atoms with Crippen molar-refractivity contribution in [1.82, 2.24) is 5.32 Å². The summed E-state index contributed by atoms with van der Waals surface area (Å²) >= 11 is 0. The number of para-hydroxylation sites is 1. The van der Waals surface area contributed by atoms with Crippen molar-refractivity contribution in [1.29, 1.82) is 0 Å². The topological polar surface area (TPSA) is 38.3 Å². The normalized spacial score (nSPS) is 11.5. The van der Waals surface area contributed by atoms with E-state index in [9.17, 15) is 4.79 Å². The van der Waals surface area contributed by atoms with Gasteiger partial charge in [-0.1, -0.05) is 78.9 Å². The van der Waals surface area contributed by atoms with E-state index in [1.807, 2.05) is 78.9 Å². The molecular weight excluding hydrogens is 322 g/mol. The highest BCUT2D eigenvalue weighted by molar-refractivity contribution is 5.76. The van der Waals surface area contributed by atoms with Crippen LogP contribution in [-0.2, 0) is 11.2 Å². The van der Waals surface area contributed by atoms with Crippen LogP contribution in [0.3, 0.4) is 0 Å². The summed E-state index contributed by atoms with van der Waals surface area (Å²) in [6.07, 6.45) is 1.09. The van der Waals surface area contributed by atoms with Crippen molar-refractivity contribution in [3.8, 4) is 5.75 Å². The maximum atomic E-state index is 12.4. The number of rotatable bonds is 8. The van der Waals surface area contributed by atoms with E-state index in [2.05, 4.69) is 17.4 Å². The van der Waals surface area contributed by atoms with Gasteiger partial charge in [0.15, 0.2) is 0 Å². The van der Waals surface area contributed by atoms with Crippen LogP contribution < -0.4 is 10.1 Å². The van der Waals surface area contributed by atoms with Gasteiger partial charge in [-0.15, -0.1) is 0 Å². The zero-order valence-electron chi connectivity index (χ0n) is 14.7. The van der Waals surface area contributed by atoms with Crippen molar-refractivity contribution in [3.63, 3.8) is 0 Å². The molecule has 0 radical (unpaired) electrons. The molecule has 1 unspecified atom stereocenters. The minimum atomic E-state index is -0.0529. The molecule has 26 heavy (non-hydrogen) atoms. The maximum Gasteiger partial charge on any atom is 0.223 e. The predicted octanol–water partition coefficient (Wildman–Crippen LogP) is 4.56. The van der Waals surface area contributed by atoms with Crippen LogP contribution in [0.25, 0.3) is 0 Å². The largest absolute Gasteiger partial charge is 0.493 e. The smallest absolute Gasteiger partial charge is 0.223 e. The molecule has 0 heterocycles. The summed E-state index contributed by atoms with van der Waals surface area (Å²) in [4.78, 5) is 12.4. The van der Waals surface area contributed by atoms with E-state index >= 15 is 0 Å². The first-order valence-corrected chi connectivity index (χ1v) is 8.87. The minimum absolute atomic E-state index is 0.00860. The first-order valence-electron chi connectivity index (χ1n) is 8.87. The molecule has 0 fully saturated rings. The Morgan fingerprint density at radius 2 is 1.38 bits per heavy atom. The summed E-state index contributed by atoms with van der Waals surface area (Å²) in [6, 6.07) is 29.8. The summed E-state index contributed by atoms with van der Waals surface area (Å²) in [5.74, 6) is 0.773. The Morgan fingerprint density at radius 3 is 2.04 bits per heavy atom. The third kappa shape index (κ3) is 5.49. The van der Waals surface area contributed by atoms with Gasteiger partial charge in [-0.25, -0.2) is 0 Å². The fraction of sp³-hybridized carbons (Fsp3) is 0.174. The molecule has 0 saturated carbocycles. The number of hydrogen-bond acceptors (Lipinski definition) is 2. The van der Waals surface area contributed by atoms with Crippen LogP contribution in [0.4, 0.5) is 0 Å². The molecule has 0 spiro atoms. The Labute approximate surface area is 154 Å². The van der Waals surface area contributed by atoms with Gasteiger partial charge in [-0.2, -0.15) is 0 Å². The molecule has 0 aliphatic heterocycles. The standard InChI is InChI=1S/C23H23NO2/c25-23(16-17-26-21-14-8-3-9-15-21)24-22(20-12-6-2-7-13-20)18-19-10-4-1-5-11-19/h1-15,22H,16-18H2,(H,24,25). The number of nitrogens with one attached hydrogen (secondary N) is 1. The number of ether oxygens (including phenoxy) is 1. The molecule has 0 aliphatic carbocycles. The van der Waals surface area contributed by atoms with Crippen LogP contribution in [0.1, 0.15) is 23.6 Å². The fourth-order valence-electron chi connectivity index (χ4n) is 2.83. The lowest BCUT2D eigenvalue weighted by molar-refractivity contribution is -0.122. The summed E-state index contributed by atoms with van der Waals surface area (Å²) in [5.41, 5.74) is 2.30. The van der Waals surface area contributed by atoms with Crippen LogP contribution in [0.5, 0.6) is 5.75 Å². The second-order valence-electron chi connectivity index (χ2n) is 6.13. The molecule has 3 rings (SSSR count). The third-order valence-corrected chi connectivity index (χ3v) is 4.16. The van der Waals surface area contributed by atoms with Crippen LogP contribution in [0.2, 0.25) is 0 Å². The zero-order valence-corrected chi connectivity index (χ0v) is 14.7. The average Bonchev–Trinajstić information content (AvgIpc) is 2.70. The lowest BCUT2D eigenvalue weighted by Gasteiger charge is -2.19. The van der Waals surface area contributed by atoms with Crippen LogP contribution >= 0.6 is 0 Å². The Kier molecular flexibility index (Phi) is 6.43. The highest BCUT2D eigenvalue weighted by atomic mass is 16.5. The summed E-state index contributed by atoms with van der Waals surface area (Å²) in [6.45, 7) is 0.364. The number of amides is 1. The molecule has 1 amide bonds. The lowest BCUT2D eigenvalue weighted by Crippen LogP contribution is -2.30. The number of carbonyl (C=O) groups excluding carboxylic acids is 1. The summed E-state index contributed by atoms with van der Waals surface area (Å²) < 4.78 is 5.62. The molecule has 0 aromatic heterocycles. The van der Waals surface area contributed by atoms with Gasteiger partial charge in [-0.3, -0.25) is 4.79 Å². The molecule has 3 nitrogen and oxygen atoms in total. The zero-order chi connectivity index (χ0) is 18.0. The predicted molar refractivity (Wildman–Crippen MR) is 104 cm³/mol. The molecule has 0 saturated heterocycles. The van der Waals surface area contributed by atoms with Gasteiger partial charge in [0.05, 0.1) is 19.1 Å². The Balaban J connectivity index is 1.59. The third-order valence-electron chi connectivity index (χ3n) is 4.16. The molecule has 1 atom stereocenters. The van der Waals surface area contributed by atoms with E-state index in [1.54, 1.807) is 0 Å². The first-order chi connectivity index (χ1) is 12.8. The Hall–Kier alpha value is -3.07. The van der Waals surface area contributed by atoms with Crippen molar-refractivity contribution < 1.29 is 9.53 Å². The van der Waals surface area contributed by atoms with Crippen LogP contribution in [-0.4, -0.2) is 12.5 Å². The number of hydrogen-bond donors (Lipinski definition) is 1. The molecule has 3 aromatic rings. The van der Waals surface area contributed by atoms with Gasteiger partial charge in [-0.05, 0) is 29.7 Å². The van der Waals surface area contributed by atoms with Crippen LogP contribution in [0, 0.1) is 0 Å². The number of benzene rings is 3. The molecule has 0 bridgehead atoms. The lowest BCUT2D eigenvalue weighted by atomic mass is 9.99. The highest BCUT2D eigenvalue weighted by Crippen LogP contribution is 2.18. The summed E-state index contributed by atoms with van der Waals surface area (Å²) in [5, 5.41) is 3.15.